The van der Waals surface area contributed by atoms with E-state index in [-0.39, 0.29) is 24.0 Å². The van der Waals surface area contributed by atoms with Crippen LogP contribution in [-0.4, -0.2) is 25.4 Å². The third-order valence-electron chi connectivity index (χ3n) is 8.61. The molecule has 3 N–H and O–H groups in total. The first-order valence-electron chi connectivity index (χ1n) is 15.6. The van der Waals surface area contributed by atoms with Crippen molar-refractivity contribution >= 4 is 38.8 Å². The third-order valence-corrected chi connectivity index (χ3v) is 9.05. The maximum Gasteiger partial charge on any atom is 0.269 e. The fraction of sp³-hybridized carbons (Fsp3) is 0.135. The number of nitrogens with one attached hydrogen (secondary N) is 1. The van der Waals surface area contributed by atoms with E-state index in [0.29, 0.717) is 51.4 Å². The summed E-state index contributed by atoms with van der Waals surface area (Å²) < 4.78 is 35.2. The summed E-state index contributed by atoms with van der Waals surface area (Å²) in [5.74, 6) is -0.0642. The summed E-state index contributed by atoms with van der Waals surface area (Å²) >= 11 is 3.49. The molecule has 1 aliphatic heterocycles. The van der Waals surface area contributed by atoms with E-state index in [0.717, 1.165) is 22.4 Å². The van der Waals surface area contributed by atoms with E-state index >= 15 is 4.39 Å². The molecule has 12 heteroatoms. The van der Waals surface area contributed by atoms with Crippen LogP contribution in [0, 0.1) is 5.82 Å². The number of aromatic nitrogens is 4. The Balaban J connectivity index is 1.08. The zero-order chi connectivity index (χ0) is 33.5. The molecule has 3 aromatic carbocycles. The van der Waals surface area contributed by atoms with E-state index in [1.165, 1.54) is 24.7 Å². The lowest BCUT2D eigenvalue weighted by Crippen LogP contribution is -2.28. The molecule has 6 aromatic rings. The number of anilines is 1. The Bertz CT molecular complexity index is 2250. The number of hydrogen-bond acceptors (Lipinski definition) is 8. The average Bonchev–Trinajstić information content (AvgIpc) is 3.87. The van der Waals surface area contributed by atoms with Crippen molar-refractivity contribution in [3.8, 4) is 22.8 Å². The van der Waals surface area contributed by atoms with Crippen molar-refractivity contribution in [2.45, 2.75) is 31.8 Å². The SMILES string of the molecule is Nc1ncccc1-c1nc2ccc(Br)nc2n1-c1ccc2c(c1)CC[C@@H]2NC(=O)c1cc(C2OC=CO2)c(OCc2ccccc2)cc1F. The van der Waals surface area contributed by atoms with Crippen LogP contribution in [0.5, 0.6) is 5.75 Å². The molecule has 8 rings (SSSR count). The number of ether oxygens (including phenoxy) is 3. The summed E-state index contributed by atoms with van der Waals surface area (Å²) in [7, 11) is 0. The van der Waals surface area contributed by atoms with Gasteiger partial charge in [0.15, 0.2) is 11.5 Å². The number of nitrogens with two attached hydrogens (primary N) is 1. The lowest BCUT2D eigenvalue weighted by molar-refractivity contribution is -0.0266. The summed E-state index contributed by atoms with van der Waals surface area (Å²) in [5, 5.41) is 3.04. The Morgan fingerprint density at radius 2 is 1.84 bits per heavy atom. The molecule has 0 unspecified atom stereocenters. The molecule has 1 amide bonds. The molecule has 0 fully saturated rings. The maximum atomic E-state index is 15.6. The molecular weight excluding hydrogens is 691 g/mol. The molecular formula is C37H28BrFN6O4. The second-order valence-electron chi connectivity index (χ2n) is 11.7. The number of carbonyl (C=O) groups is 1. The van der Waals surface area contributed by atoms with Gasteiger partial charge >= 0.3 is 0 Å². The number of pyridine rings is 2. The summed E-state index contributed by atoms with van der Waals surface area (Å²) in [6.07, 6.45) is 4.91. The molecule has 244 valence electrons. The van der Waals surface area contributed by atoms with Gasteiger partial charge in [0, 0.05) is 18.0 Å². The first kappa shape index (κ1) is 30.6. The Morgan fingerprint density at radius 1 is 1.00 bits per heavy atom. The molecule has 0 radical (unpaired) electrons. The molecule has 0 saturated heterocycles. The van der Waals surface area contributed by atoms with Gasteiger partial charge in [0.2, 0.25) is 0 Å². The van der Waals surface area contributed by atoms with Crippen molar-refractivity contribution in [3.05, 3.63) is 142 Å². The van der Waals surface area contributed by atoms with Crippen molar-refractivity contribution < 1.29 is 23.4 Å². The number of hydrogen-bond donors (Lipinski definition) is 2. The summed E-state index contributed by atoms with van der Waals surface area (Å²) in [6.45, 7) is 0.207. The average molecular weight is 720 g/mol. The lowest BCUT2D eigenvalue weighted by atomic mass is 10.0. The number of amides is 1. The van der Waals surface area contributed by atoms with Crippen LogP contribution < -0.4 is 15.8 Å². The van der Waals surface area contributed by atoms with E-state index in [1.54, 1.807) is 6.20 Å². The van der Waals surface area contributed by atoms with Gasteiger partial charge in [0.25, 0.3) is 12.2 Å². The smallest absolute Gasteiger partial charge is 0.269 e. The zero-order valence-corrected chi connectivity index (χ0v) is 27.4. The van der Waals surface area contributed by atoms with Crippen LogP contribution in [0.25, 0.3) is 28.2 Å². The largest absolute Gasteiger partial charge is 0.488 e. The van der Waals surface area contributed by atoms with Crippen LogP contribution in [0.15, 0.2) is 108 Å². The van der Waals surface area contributed by atoms with Crippen LogP contribution >= 0.6 is 15.9 Å². The van der Waals surface area contributed by atoms with Gasteiger partial charge in [-0.1, -0.05) is 36.4 Å². The number of halogens is 2. The second kappa shape index (κ2) is 12.7. The van der Waals surface area contributed by atoms with Crippen molar-refractivity contribution in [1.29, 1.82) is 0 Å². The highest BCUT2D eigenvalue weighted by Gasteiger charge is 2.29. The number of carbonyl (C=O) groups excluding carboxylic acids is 1. The molecule has 49 heavy (non-hydrogen) atoms. The number of nitrogen functional groups attached to an aromatic ring is 1. The second-order valence-corrected chi connectivity index (χ2v) is 12.5. The Morgan fingerprint density at radius 3 is 2.65 bits per heavy atom. The van der Waals surface area contributed by atoms with Gasteiger partial charge in [-0.05, 0) is 87.9 Å². The fourth-order valence-electron chi connectivity index (χ4n) is 6.27. The number of rotatable bonds is 8. The molecule has 1 atom stereocenters. The highest BCUT2D eigenvalue weighted by atomic mass is 79.9. The minimum atomic E-state index is -0.871. The first-order chi connectivity index (χ1) is 23.9. The first-order valence-corrected chi connectivity index (χ1v) is 16.4. The van der Waals surface area contributed by atoms with Crippen LogP contribution in [0.1, 0.15) is 51.4 Å². The molecule has 1 aliphatic carbocycles. The van der Waals surface area contributed by atoms with Crippen molar-refractivity contribution in [3.63, 3.8) is 0 Å². The van der Waals surface area contributed by atoms with Gasteiger partial charge < -0.3 is 25.3 Å². The van der Waals surface area contributed by atoms with Gasteiger partial charge in [0.05, 0.1) is 22.7 Å². The van der Waals surface area contributed by atoms with E-state index in [9.17, 15) is 4.79 Å². The van der Waals surface area contributed by atoms with Crippen molar-refractivity contribution in [1.82, 2.24) is 24.8 Å². The van der Waals surface area contributed by atoms with Gasteiger partial charge in [-0.3, -0.25) is 9.36 Å². The number of imidazole rings is 1. The van der Waals surface area contributed by atoms with Crippen molar-refractivity contribution in [2.75, 3.05) is 5.73 Å². The van der Waals surface area contributed by atoms with Gasteiger partial charge in [-0.25, -0.2) is 19.3 Å². The van der Waals surface area contributed by atoms with Gasteiger partial charge in [-0.2, -0.15) is 0 Å². The van der Waals surface area contributed by atoms with E-state index in [1.807, 2.05) is 71.3 Å². The topological polar surface area (TPSA) is 126 Å². The van der Waals surface area contributed by atoms with Gasteiger partial charge in [-0.15, -0.1) is 0 Å². The molecule has 0 bridgehead atoms. The molecule has 0 saturated carbocycles. The van der Waals surface area contributed by atoms with Crippen molar-refractivity contribution in [2.24, 2.45) is 0 Å². The normalized spacial score (nSPS) is 15.2. The molecule has 0 spiro atoms. The predicted molar refractivity (Wildman–Crippen MR) is 184 cm³/mol. The number of fused-ring (bicyclic) bond motifs is 2. The molecule has 3 aromatic heterocycles. The minimum absolute atomic E-state index is 0.133. The van der Waals surface area contributed by atoms with E-state index in [4.69, 9.17) is 29.9 Å². The van der Waals surface area contributed by atoms with Gasteiger partial charge in [0.1, 0.15) is 46.6 Å². The fourth-order valence-corrected chi connectivity index (χ4v) is 6.57. The number of aryl methyl sites for hydroxylation is 1. The number of benzene rings is 3. The van der Waals surface area contributed by atoms with Crippen LogP contribution in [0.3, 0.4) is 0 Å². The molecule has 4 heterocycles. The Hall–Kier alpha value is -5.75. The standard InChI is InChI=1S/C37H28BrFN6O4/c38-32-13-12-30-35(44-32)45(34(42-30)25-7-4-14-41-33(25)40)23-9-10-24-22(17-23)8-11-29(24)43-36(46)26-18-27(37-47-15-16-48-37)31(19-28(26)39)49-20-21-5-2-1-3-6-21/h1-7,9-10,12-19,29,37H,8,11,20H2,(H2,40,41)(H,43,46)/t29-/m0/s1. The third kappa shape index (κ3) is 5.84. The predicted octanol–water partition coefficient (Wildman–Crippen LogP) is 7.48. The van der Waals surface area contributed by atoms with E-state index in [2.05, 4.69) is 32.3 Å². The maximum absolute atomic E-state index is 15.6. The Kier molecular flexibility index (Phi) is 7.92. The quantitative estimate of drug-likeness (QED) is 0.155. The molecule has 10 nitrogen and oxygen atoms in total. The summed E-state index contributed by atoms with van der Waals surface area (Å²) in [5.41, 5.74) is 12.3. The minimum Gasteiger partial charge on any atom is -0.488 e. The zero-order valence-electron chi connectivity index (χ0n) is 25.8. The summed E-state index contributed by atoms with van der Waals surface area (Å²) in [6, 6.07) is 25.3. The molecule has 2 aliphatic rings. The van der Waals surface area contributed by atoms with Crippen LogP contribution in [0.4, 0.5) is 10.2 Å². The lowest BCUT2D eigenvalue weighted by Gasteiger charge is -2.19. The monoisotopic (exact) mass is 718 g/mol. The highest BCUT2D eigenvalue weighted by molar-refractivity contribution is 9.10. The highest BCUT2D eigenvalue weighted by Crippen LogP contribution is 2.38. The van der Waals surface area contributed by atoms with Crippen LogP contribution in [-0.2, 0) is 22.5 Å². The summed E-state index contributed by atoms with van der Waals surface area (Å²) in [4.78, 5) is 27.5. The van der Waals surface area contributed by atoms with E-state index < -0.39 is 18.0 Å². The number of nitrogens with zero attached hydrogens (tertiary/aromatic N) is 4. The van der Waals surface area contributed by atoms with Crippen LogP contribution in [0.2, 0.25) is 0 Å². The Labute approximate surface area is 288 Å².